The Kier molecular flexibility index (Phi) is 8.56. The molecule has 178 valence electrons. The second-order valence-corrected chi connectivity index (χ2v) is 7.68. The molecule has 1 aliphatic rings. The first-order chi connectivity index (χ1) is 15.9. The van der Waals surface area contributed by atoms with E-state index in [0.29, 0.717) is 37.6 Å². The van der Waals surface area contributed by atoms with E-state index in [9.17, 15) is 9.59 Å². The quantitative estimate of drug-likeness (QED) is 0.517. The Morgan fingerprint density at radius 2 is 2.18 bits per heavy atom. The predicted octanol–water partition coefficient (Wildman–Crippen LogP) is 2.57. The molecule has 1 saturated heterocycles. The summed E-state index contributed by atoms with van der Waals surface area (Å²) in [6.07, 6.45) is 2.47. The Labute approximate surface area is 193 Å². The maximum absolute atomic E-state index is 15.0. The summed E-state index contributed by atoms with van der Waals surface area (Å²) in [6.45, 7) is 6.09. The number of cyclic esters (lactones) is 1. The van der Waals surface area contributed by atoms with Crippen LogP contribution in [0.3, 0.4) is 0 Å². The van der Waals surface area contributed by atoms with Gasteiger partial charge in [-0.3, -0.25) is 14.7 Å². The zero-order chi connectivity index (χ0) is 23.8. The number of hydrogen-bond acceptors (Lipinski definition) is 7. The highest BCUT2D eigenvalue weighted by Gasteiger charge is 2.32. The highest BCUT2D eigenvalue weighted by molar-refractivity contribution is 5.90. The number of nitrogens with one attached hydrogen (secondary N) is 1. The number of pyridine rings is 1. The maximum Gasteiger partial charge on any atom is 0.414 e. The summed E-state index contributed by atoms with van der Waals surface area (Å²) < 4.78 is 20.3. The second-order valence-electron chi connectivity index (χ2n) is 7.68. The topological polar surface area (TPSA) is 87.2 Å². The number of nitrogens with zero attached hydrogens (tertiary/aromatic N) is 4. The highest BCUT2D eigenvalue weighted by atomic mass is 19.1. The molecule has 0 radical (unpaired) electrons. The van der Waals surface area contributed by atoms with Gasteiger partial charge in [0.25, 0.3) is 0 Å². The number of carbonyl (C=O) groups excluding carboxylic acids is 2. The zero-order valence-electron chi connectivity index (χ0n) is 19.2. The van der Waals surface area contributed by atoms with E-state index < -0.39 is 18.0 Å². The molecule has 2 heterocycles. The van der Waals surface area contributed by atoms with E-state index >= 15 is 4.39 Å². The van der Waals surface area contributed by atoms with Gasteiger partial charge in [-0.05, 0) is 36.8 Å². The third-order valence-electron chi connectivity index (χ3n) is 5.38. The molecule has 1 aromatic carbocycles. The third kappa shape index (κ3) is 6.62. The molecule has 1 aliphatic heterocycles. The minimum Gasteiger partial charge on any atom is -0.442 e. The van der Waals surface area contributed by atoms with Gasteiger partial charge >= 0.3 is 6.09 Å². The van der Waals surface area contributed by atoms with Gasteiger partial charge in [-0.25, -0.2) is 9.18 Å². The van der Waals surface area contributed by atoms with Crippen molar-refractivity contribution in [3.05, 3.63) is 54.1 Å². The van der Waals surface area contributed by atoms with Gasteiger partial charge in [0, 0.05) is 39.0 Å². The summed E-state index contributed by atoms with van der Waals surface area (Å²) in [7, 11) is 1.61. The van der Waals surface area contributed by atoms with Gasteiger partial charge in [-0.1, -0.05) is 6.07 Å². The number of halogens is 1. The number of amides is 2. The van der Waals surface area contributed by atoms with Gasteiger partial charge in [0.05, 0.1) is 38.1 Å². The molecule has 33 heavy (non-hydrogen) atoms. The molecule has 2 amide bonds. The van der Waals surface area contributed by atoms with Crippen LogP contribution in [-0.2, 0) is 20.9 Å². The van der Waals surface area contributed by atoms with Crippen LogP contribution >= 0.6 is 0 Å². The Hall–Kier alpha value is -3.24. The molecule has 1 atom stereocenters. The van der Waals surface area contributed by atoms with Crippen molar-refractivity contribution in [3.63, 3.8) is 0 Å². The van der Waals surface area contributed by atoms with Crippen LogP contribution in [0.4, 0.5) is 20.6 Å². The largest absolute Gasteiger partial charge is 0.442 e. The Bertz CT molecular complexity index is 946. The lowest BCUT2D eigenvalue weighted by molar-refractivity contribution is -0.136. The first-order valence-corrected chi connectivity index (χ1v) is 10.9. The fourth-order valence-corrected chi connectivity index (χ4v) is 3.63. The number of carbonyl (C=O) groups is 2. The van der Waals surface area contributed by atoms with Crippen molar-refractivity contribution in [2.45, 2.75) is 26.5 Å². The Balaban J connectivity index is 1.62. The number of hydroxylamine groups is 2. The second kappa shape index (κ2) is 11.6. The van der Waals surface area contributed by atoms with E-state index in [2.05, 4.69) is 10.3 Å². The lowest BCUT2D eigenvalue weighted by atomic mass is 10.2. The van der Waals surface area contributed by atoms with Crippen molar-refractivity contribution in [3.8, 4) is 0 Å². The molecular weight excluding hydrogens is 429 g/mol. The van der Waals surface area contributed by atoms with E-state index in [1.807, 2.05) is 24.0 Å². The van der Waals surface area contributed by atoms with Crippen molar-refractivity contribution in [2.24, 2.45) is 0 Å². The van der Waals surface area contributed by atoms with Crippen molar-refractivity contribution >= 4 is 23.4 Å². The van der Waals surface area contributed by atoms with Gasteiger partial charge < -0.3 is 19.8 Å². The zero-order valence-corrected chi connectivity index (χ0v) is 19.2. The summed E-state index contributed by atoms with van der Waals surface area (Å²) in [6, 6.07) is 8.55. The van der Waals surface area contributed by atoms with Crippen molar-refractivity contribution in [1.29, 1.82) is 0 Å². The summed E-state index contributed by atoms with van der Waals surface area (Å²) in [5.74, 6) is -0.629. The number of aromatic nitrogens is 1. The molecule has 0 unspecified atom stereocenters. The summed E-state index contributed by atoms with van der Waals surface area (Å²) in [5, 5.41) is 4.42. The van der Waals surface area contributed by atoms with Crippen LogP contribution in [0.2, 0.25) is 0 Å². The monoisotopic (exact) mass is 459 g/mol. The number of anilines is 2. The number of benzene rings is 1. The first-order valence-electron chi connectivity index (χ1n) is 10.9. The van der Waals surface area contributed by atoms with Crippen LogP contribution in [0.15, 0.2) is 42.7 Å². The number of ether oxygens (including phenoxy) is 1. The predicted molar refractivity (Wildman–Crippen MR) is 122 cm³/mol. The number of likely N-dealkylation sites (N-methyl/N-ethyl adjacent to an activating group) is 1. The molecule has 0 spiro atoms. The van der Waals surface area contributed by atoms with Gasteiger partial charge in [0.2, 0.25) is 5.91 Å². The molecule has 0 aliphatic carbocycles. The number of hydrogen-bond donors (Lipinski definition) is 1. The van der Waals surface area contributed by atoms with Gasteiger partial charge in [0.1, 0.15) is 11.9 Å². The summed E-state index contributed by atoms with van der Waals surface area (Å²) in [5.41, 5.74) is 1.88. The van der Waals surface area contributed by atoms with Crippen molar-refractivity contribution in [2.75, 3.05) is 49.6 Å². The standard InChI is InChI=1S/C23H30FN5O4/c1-4-27(10-11-28(32-3)15-18-6-5-9-25-13-18)22-8-7-19(12-21(22)24)29-16-20(33-23(29)31)14-26-17(2)30/h5-9,12-13,20H,4,10-11,14-16H2,1-3H3,(H,26,30)/t20-/m0/s1. The van der Waals surface area contributed by atoms with Crippen LogP contribution < -0.4 is 15.1 Å². The molecule has 1 N–H and O–H groups in total. The van der Waals surface area contributed by atoms with Gasteiger partial charge in [0.15, 0.2) is 0 Å². The van der Waals surface area contributed by atoms with Gasteiger partial charge in [-0.15, -0.1) is 0 Å². The highest BCUT2D eigenvalue weighted by Crippen LogP contribution is 2.28. The average Bonchev–Trinajstić information content (AvgIpc) is 3.19. The number of rotatable bonds is 11. The van der Waals surface area contributed by atoms with Crippen LogP contribution in [-0.4, -0.2) is 68.0 Å². The third-order valence-corrected chi connectivity index (χ3v) is 5.38. The molecular formula is C23H30FN5O4. The molecule has 10 heteroatoms. The SMILES string of the molecule is CCN(CCN(Cc1cccnc1)OC)c1ccc(N2C[C@H](CNC(C)=O)OC2=O)cc1F. The van der Waals surface area contributed by atoms with Crippen molar-refractivity contribution < 1.29 is 23.6 Å². The average molecular weight is 460 g/mol. The van der Waals surface area contributed by atoms with Crippen LogP contribution in [0.1, 0.15) is 19.4 Å². The molecule has 1 aromatic heterocycles. The molecule has 9 nitrogen and oxygen atoms in total. The fourth-order valence-electron chi connectivity index (χ4n) is 3.63. The maximum atomic E-state index is 15.0. The Morgan fingerprint density at radius 1 is 1.36 bits per heavy atom. The van der Waals surface area contributed by atoms with Crippen LogP contribution in [0.25, 0.3) is 0 Å². The fraction of sp³-hybridized carbons (Fsp3) is 0.435. The van der Waals surface area contributed by atoms with Crippen LogP contribution in [0.5, 0.6) is 0 Å². The first kappa shape index (κ1) is 24.4. The van der Waals surface area contributed by atoms with Crippen LogP contribution in [0, 0.1) is 5.82 Å². The molecule has 0 bridgehead atoms. The van der Waals surface area contributed by atoms with Crippen molar-refractivity contribution in [1.82, 2.24) is 15.4 Å². The molecule has 0 saturated carbocycles. The summed E-state index contributed by atoms with van der Waals surface area (Å²) >= 11 is 0. The lowest BCUT2D eigenvalue weighted by Gasteiger charge is -2.28. The Morgan fingerprint density at radius 3 is 2.82 bits per heavy atom. The minimum absolute atomic E-state index is 0.202. The minimum atomic E-state index is -0.559. The van der Waals surface area contributed by atoms with E-state index in [4.69, 9.17) is 9.57 Å². The normalized spacial score (nSPS) is 15.6. The van der Waals surface area contributed by atoms with E-state index in [0.717, 1.165) is 5.56 Å². The molecule has 2 aromatic rings. The van der Waals surface area contributed by atoms with E-state index in [-0.39, 0.29) is 19.0 Å². The lowest BCUT2D eigenvalue weighted by Crippen LogP contribution is -2.35. The summed E-state index contributed by atoms with van der Waals surface area (Å²) in [4.78, 5) is 36.1. The molecule has 3 rings (SSSR count). The smallest absolute Gasteiger partial charge is 0.414 e. The van der Waals surface area contributed by atoms with E-state index in [1.54, 1.807) is 36.7 Å². The molecule has 1 fully saturated rings. The van der Waals surface area contributed by atoms with E-state index in [1.165, 1.54) is 17.9 Å². The van der Waals surface area contributed by atoms with Gasteiger partial charge in [-0.2, -0.15) is 5.06 Å².